The van der Waals surface area contributed by atoms with Crippen LogP contribution in [0, 0.1) is 0 Å². The fourth-order valence-corrected chi connectivity index (χ4v) is 3.25. The van der Waals surface area contributed by atoms with Crippen LogP contribution in [0.4, 0.5) is 0 Å². The molecule has 1 aromatic carbocycles. The van der Waals surface area contributed by atoms with E-state index in [4.69, 9.17) is 4.74 Å². The van der Waals surface area contributed by atoms with Crippen LogP contribution in [-0.2, 0) is 18.4 Å². The van der Waals surface area contributed by atoms with E-state index in [1.807, 2.05) is 53.1 Å². The quantitative estimate of drug-likeness (QED) is 0.754. The first-order chi connectivity index (χ1) is 12.7. The van der Waals surface area contributed by atoms with Crippen LogP contribution < -0.4 is 4.74 Å². The SMILES string of the molecule is Cl.Cn1ccnc1COc1ccc(/C=C2\N=C3CCCCCN3C2=O)cc1. The minimum absolute atomic E-state index is 0. The summed E-state index contributed by atoms with van der Waals surface area (Å²) in [7, 11) is 1.94. The normalized spacial score (nSPS) is 18.0. The Balaban J connectivity index is 0.00000210. The second-order valence-corrected chi connectivity index (χ2v) is 6.64. The van der Waals surface area contributed by atoms with Gasteiger partial charge in [0, 0.05) is 32.4 Å². The Morgan fingerprint density at radius 3 is 2.74 bits per heavy atom. The fourth-order valence-electron chi connectivity index (χ4n) is 3.25. The van der Waals surface area contributed by atoms with Gasteiger partial charge in [0.1, 0.15) is 29.7 Å². The highest BCUT2D eigenvalue weighted by atomic mass is 35.5. The number of rotatable bonds is 4. The Bertz CT molecular complexity index is 870. The Hall–Kier alpha value is -2.60. The monoisotopic (exact) mass is 386 g/mol. The van der Waals surface area contributed by atoms with Crippen molar-refractivity contribution in [3.63, 3.8) is 0 Å². The number of halogens is 1. The molecule has 0 spiro atoms. The molecule has 4 rings (SSSR count). The molecule has 1 amide bonds. The number of ether oxygens (including phenoxy) is 1. The topological polar surface area (TPSA) is 59.7 Å². The van der Waals surface area contributed by atoms with Crippen molar-refractivity contribution in [2.45, 2.75) is 32.3 Å². The van der Waals surface area contributed by atoms with E-state index in [9.17, 15) is 4.79 Å². The zero-order valence-electron chi connectivity index (χ0n) is 15.3. The van der Waals surface area contributed by atoms with E-state index < -0.39 is 0 Å². The van der Waals surface area contributed by atoms with Gasteiger partial charge < -0.3 is 9.30 Å². The van der Waals surface area contributed by atoms with Crippen LogP contribution in [0.1, 0.15) is 37.1 Å². The van der Waals surface area contributed by atoms with Gasteiger partial charge in [-0.15, -0.1) is 12.4 Å². The second kappa shape index (κ2) is 8.39. The first-order valence-electron chi connectivity index (χ1n) is 9.01. The molecule has 1 aromatic heterocycles. The third kappa shape index (κ3) is 4.22. The summed E-state index contributed by atoms with van der Waals surface area (Å²) in [5, 5.41) is 0. The number of hydrogen-bond donors (Lipinski definition) is 0. The van der Waals surface area contributed by atoms with E-state index in [1.54, 1.807) is 6.20 Å². The lowest BCUT2D eigenvalue weighted by Gasteiger charge is -2.14. The molecule has 6 nitrogen and oxygen atoms in total. The minimum atomic E-state index is 0. The lowest BCUT2D eigenvalue weighted by molar-refractivity contribution is -0.122. The average Bonchev–Trinajstić information content (AvgIpc) is 3.08. The molecule has 0 N–H and O–H groups in total. The third-order valence-corrected chi connectivity index (χ3v) is 4.78. The van der Waals surface area contributed by atoms with Crippen molar-refractivity contribution in [3.05, 3.63) is 53.7 Å². The molecule has 0 unspecified atom stereocenters. The Morgan fingerprint density at radius 1 is 1.19 bits per heavy atom. The lowest BCUT2D eigenvalue weighted by atomic mass is 10.2. The number of benzene rings is 1. The number of hydrogen-bond acceptors (Lipinski definition) is 4. The molecule has 0 aliphatic carbocycles. The van der Waals surface area contributed by atoms with Crippen LogP contribution in [0.15, 0.2) is 47.3 Å². The summed E-state index contributed by atoms with van der Waals surface area (Å²) in [6.07, 6.45) is 9.72. The third-order valence-electron chi connectivity index (χ3n) is 4.78. The van der Waals surface area contributed by atoms with E-state index in [0.717, 1.165) is 48.8 Å². The molecule has 0 radical (unpaired) electrons. The van der Waals surface area contributed by atoms with Gasteiger partial charge in [-0.1, -0.05) is 18.6 Å². The number of amides is 1. The fraction of sp³-hybridized carbons (Fsp3) is 0.350. The lowest BCUT2D eigenvalue weighted by Crippen LogP contribution is -2.31. The maximum atomic E-state index is 12.5. The molecular formula is C20H23ClN4O2. The van der Waals surface area contributed by atoms with Gasteiger partial charge in [-0.25, -0.2) is 9.98 Å². The van der Waals surface area contributed by atoms with Gasteiger partial charge in [-0.05, 0) is 36.6 Å². The molecule has 2 aliphatic heterocycles. The van der Waals surface area contributed by atoms with E-state index in [1.165, 1.54) is 6.42 Å². The number of aryl methyl sites for hydroxylation is 1. The average molecular weight is 387 g/mol. The molecule has 0 atom stereocenters. The van der Waals surface area contributed by atoms with Crippen molar-refractivity contribution in [2.75, 3.05) is 6.54 Å². The van der Waals surface area contributed by atoms with Crippen molar-refractivity contribution in [3.8, 4) is 5.75 Å². The van der Waals surface area contributed by atoms with E-state index in [-0.39, 0.29) is 18.3 Å². The van der Waals surface area contributed by atoms with Gasteiger partial charge in [0.15, 0.2) is 0 Å². The van der Waals surface area contributed by atoms with E-state index >= 15 is 0 Å². The summed E-state index contributed by atoms with van der Waals surface area (Å²) < 4.78 is 7.69. The van der Waals surface area contributed by atoms with Crippen molar-refractivity contribution >= 4 is 30.2 Å². The van der Waals surface area contributed by atoms with Crippen LogP contribution in [0.3, 0.4) is 0 Å². The first-order valence-corrected chi connectivity index (χ1v) is 9.01. The number of aromatic nitrogens is 2. The Morgan fingerprint density at radius 2 is 2.00 bits per heavy atom. The summed E-state index contributed by atoms with van der Waals surface area (Å²) in [4.78, 5) is 23.2. The zero-order valence-corrected chi connectivity index (χ0v) is 16.1. The Kier molecular flexibility index (Phi) is 5.96. The van der Waals surface area contributed by atoms with Gasteiger partial charge in [0.25, 0.3) is 5.91 Å². The predicted octanol–water partition coefficient (Wildman–Crippen LogP) is 3.58. The number of imidazole rings is 1. The molecule has 27 heavy (non-hydrogen) atoms. The molecule has 0 saturated carbocycles. The van der Waals surface area contributed by atoms with Gasteiger partial charge in [-0.3, -0.25) is 9.69 Å². The number of fused-ring (bicyclic) bond motifs is 1. The van der Waals surface area contributed by atoms with Crippen molar-refractivity contribution in [1.82, 2.24) is 14.5 Å². The zero-order chi connectivity index (χ0) is 17.9. The number of carbonyl (C=O) groups excluding carboxylic acids is 1. The second-order valence-electron chi connectivity index (χ2n) is 6.64. The maximum Gasteiger partial charge on any atom is 0.277 e. The highest BCUT2D eigenvalue weighted by Crippen LogP contribution is 2.24. The molecule has 1 saturated heterocycles. The molecule has 2 aromatic rings. The van der Waals surface area contributed by atoms with Crippen molar-refractivity contribution in [1.29, 1.82) is 0 Å². The van der Waals surface area contributed by atoms with Crippen LogP contribution >= 0.6 is 12.4 Å². The van der Waals surface area contributed by atoms with Crippen molar-refractivity contribution in [2.24, 2.45) is 12.0 Å². The van der Waals surface area contributed by atoms with Gasteiger partial charge in [-0.2, -0.15) is 0 Å². The highest BCUT2D eigenvalue weighted by Gasteiger charge is 2.30. The molecule has 3 heterocycles. The highest BCUT2D eigenvalue weighted by molar-refractivity contribution is 6.14. The molecule has 142 valence electrons. The number of nitrogens with zero attached hydrogens (tertiary/aromatic N) is 4. The van der Waals surface area contributed by atoms with Gasteiger partial charge in [0.2, 0.25) is 0 Å². The summed E-state index contributed by atoms with van der Waals surface area (Å²) in [5.74, 6) is 2.59. The predicted molar refractivity (Wildman–Crippen MR) is 107 cm³/mol. The summed E-state index contributed by atoms with van der Waals surface area (Å²) >= 11 is 0. The summed E-state index contributed by atoms with van der Waals surface area (Å²) in [6.45, 7) is 1.21. The first kappa shape index (κ1) is 19.2. The number of carbonyl (C=O) groups is 1. The largest absolute Gasteiger partial charge is 0.486 e. The van der Waals surface area contributed by atoms with Gasteiger partial charge >= 0.3 is 0 Å². The van der Waals surface area contributed by atoms with Crippen LogP contribution in [0.5, 0.6) is 5.75 Å². The van der Waals surface area contributed by atoms with Gasteiger partial charge in [0.05, 0.1) is 0 Å². The standard InChI is InChI=1S/C20H22N4O2.ClH/c1-23-12-10-21-19(23)14-26-16-8-6-15(7-9-16)13-17-20(25)24-11-4-2-3-5-18(24)22-17;/h6-10,12-13H,2-5,11,14H2,1H3;1H/b17-13-;. The smallest absolute Gasteiger partial charge is 0.277 e. The number of amidine groups is 1. The maximum absolute atomic E-state index is 12.5. The summed E-state index contributed by atoms with van der Waals surface area (Å²) in [6, 6.07) is 7.69. The number of aliphatic imine (C=N–C) groups is 1. The van der Waals surface area contributed by atoms with Crippen LogP contribution in [0.2, 0.25) is 0 Å². The van der Waals surface area contributed by atoms with Crippen molar-refractivity contribution < 1.29 is 9.53 Å². The molecule has 7 heteroatoms. The van der Waals surface area contributed by atoms with E-state index in [2.05, 4.69) is 9.98 Å². The molecular weight excluding hydrogens is 364 g/mol. The van der Waals surface area contributed by atoms with Crippen LogP contribution in [0.25, 0.3) is 6.08 Å². The Labute approximate surface area is 165 Å². The molecule has 2 aliphatic rings. The molecule has 1 fully saturated rings. The molecule has 0 bridgehead atoms. The van der Waals surface area contributed by atoms with Crippen LogP contribution in [-0.4, -0.2) is 32.7 Å². The summed E-state index contributed by atoms with van der Waals surface area (Å²) in [5.41, 5.74) is 1.48. The minimum Gasteiger partial charge on any atom is -0.486 e. The van der Waals surface area contributed by atoms with E-state index in [0.29, 0.717) is 12.3 Å².